The first kappa shape index (κ1) is 17.1. The highest BCUT2D eigenvalue weighted by Gasteiger charge is 2.07. The van der Waals surface area contributed by atoms with Gasteiger partial charge in [-0.25, -0.2) is 10.4 Å². The first-order valence-corrected chi connectivity index (χ1v) is 8.62. The van der Waals surface area contributed by atoms with Gasteiger partial charge in [-0.1, -0.05) is 30.4 Å². The fourth-order valence-electron chi connectivity index (χ4n) is 2.09. The first-order valence-electron chi connectivity index (χ1n) is 7.81. The fraction of sp³-hybridized carbons (Fsp3) is 0.353. The van der Waals surface area contributed by atoms with Gasteiger partial charge in [0.05, 0.1) is 11.1 Å². The van der Waals surface area contributed by atoms with Crippen LogP contribution >= 0.6 is 11.3 Å². The quantitative estimate of drug-likeness (QED) is 0.626. The van der Waals surface area contributed by atoms with Crippen molar-refractivity contribution >= 4 is 28.6 Å². The number of aromatic nitrogens is 1. The minimum Gasteiger partial charge on any atom is -0.349 e. The van der Waals surface area contributed by atoms with Gasteiger partial charge in [0.1, 0.15) is 0 Å². The second-order valence-electron chi connectivity index (χ2n) is 4.97. The molecule has 0 saturated heterocycles. The van der Waals surface area contributed by atoms with E-state index in [1.807, 2.05) is 24.3 Å². The van der Waals surface area contributed by atoms with E-state index in [2.05, 4.69) is 41.2 Å². The summed E-state index contributed by atoms with van der Waals surface area (Å²) in [4.78, 5) is 19.5. The number of carbonyl (C=O) groups excluding carboxylic acids is 1. The number of aryl methyl sites for hydroxylation is 1. The largest absolute Gasteiger partial charge is 0.349 e. The van der Waals surface area contributed by atoms with E-state index < -0.39 is 0 Å². The summed E-state index contributed by atoms with van der Waals surface area (Å²) in [6.45, 7) is 8.13. The van der Waals surface area contributed by atoms with Gasteiger partial charge in [0.15, 0.2) is 5.13 Å². The van der Waals surface area contributed by atoms with E-state index in [0.717, 1.165) is 29.5 Å². The number of hydrogen-bond acceptors (Lipinski definition) is 5. The molecular formula is C17H22N4OS. The van der Waals surface area contributed by atoms with E-state index in [9.17, 15) is 4.79 Å². The average molecular weight is 330 g/mol. The molecule has 0 spiro atoms. The Kier molecular flexibility index (Phi) is 6.29. The van der Waals surface area contributed by atoms with Crippen LogP contribution in [0.2, 0.25) is 0 Å². The zero-order valence-electron chi connectivity index (χ0n) is 13.7. The van der Waals surface area contributed by atoms with Gasteiger partial charge >= 0.3 is 0 Å². The molecule has 0 aliphatic carbocycles. The number of amides is 1. The van der Waals surface area contributed by atoms with Crippen LogP contribution in [0.1, 0.15) is 41.6 Å². The van der Waals surface area contributed by atoms with Gasteiger partial charge in [0, 0.05) is 24.8 Å². The summed E-state index contributed by atoms with van der Waals surface area (Å²) in [5.74, 6) is -0.211. The van der Waals surface area contributed by atoms with Crippen LogP contribution < -0.4 is 10.3 Å². The molecule has 0 aliphatic rings. The summed E-state index contributed by atoms with van der Waals surface area (Å²) in [6, 6.07) is 7.54. The Labute approximate surface area is 141 Å². The maximum absolute atomic E-state index is 12.0. The summed E-state index contributed by atoms with van der Waals surface area (Å²) in [6.07, 6.45) is 4.35. The van der Waals surface area contributed by atoms with E-state index in [4.69, 9.17) is 0 Å². The number of carbonyl (C=O) groups is 1. The lowest BCUT2D eigenvalue weighted by Crippen LogP contribution is -2.21. The number of thiazole rings is 1. The van der Waals surface area contributed by atoms with Crippen LogP contribution in [0.5, 0.6) is 0 Å². The Hall–Kier alpha value is -2.21. The van der Waals surface area contributed by atoms with Crippen molar-refractivity contribution in [2.45, 2.75) is 27.2 Å². The smallest absolute Gasteiger partial charge is 0.271 e. The Balaban J connectivity index is 1.94. The zero-order valence-corrected chi connectivity index (χ0v) is 14.6. The lowest BCUT2D eigenvalue weighted by Gasteiger charge is -2.16. The highest BCUT2D eigenvalue weighted by atomic mass is 32.1. The van der Waals surface area contributed by atoms with Crippen molar-refractivity contribution in [2.75, 3.05) is 18.0 Å². The van der Waals surface area contributed by atoms with Gasteiger partial charge in [-0.3, -0.25) is 4.79 Å². The molecule has 0 unspecified atom stereocenters. The number of hydrogen-bond donors (Lipinski definition) is 1. The monoisotopic (exact) mass is 330 g/mol. The van der Waals surface area contributed by atoms with Crippen molar-refractivity contribution in [1.29, 1.82) is 0 Å². The Morgan fingerprint density at radius 2 is 1.96 bits per heavy atom. The maximum atomic E-state index is 12.0. The second kappa shape index (κ2) is 8.43. The van der Waals surface area contributed by atoms with Gasteiger partial charge in [0.2, 0.25) is 0 Å². The SMILES string of the molecule is CCc1ccc(C(=O)N/N=C\c2cnc(N(CC)CC)s2)cc1. The van der Waals surface area contributed by atoms with Gasteiger partial charge in [-0.15, -0.1) is 0 Å². The minimum atomic E-state index is -0.211. The van der Waals surface area contributed by atoms with E-state index in [0.29, 0.717) is 5.56 Å². The van der Waals surface area contributed by atoms with Gasteiger partial charge in [-0.2, -0.15) is 5.10 Å². The van der Waals surface area contributed by atoms with Crippen LogP contribution in [0.15, 0.2) is 35.6 Å². The van der Waals surface area contributed by atoms with Crippen LogP contribution in [0.25, 0.3) is 0 Å². The molecule has 1 aromatic carbocycles. The Morgan fingerprint density at radius 1 is 1.26 bits per heavy atom. The van der Waals surface area contributed by atoms with E-state index in [-0.39, 0.29) is 5.91 Å². The third-order valence-corrected chi connectivity index (χ3v) is 4.52. The molecule has 23 heavy (non-hydrogen) atoms. The van der Waals surface area contributed by atoms with Crippen LogP contribution in [-0.2, 0) is 6.42 Å². The van der Waals surface area contributed by atoms with Gasteiger partial charge in [0.25, 0.3) is 5.91 Å². The first-order chi connectivity index (χ1) is 11.2. The van der Waals surface area contributed by atoms with Crippen molar-refractivity contribution < 1.29 is 4.79 Å². The molecule has 0 atom stereocenters. The number of rotatable bonds is 7. The molecule has 1 heterocycles. The topological polar surface area (TPSA) is 57.6 Å². The Morgan fingerprint density at radius 3 is 2.57 bits per heavy atom. The zero-order chi connectivity index (χ0) is 16.7. The van der Waals surface area contributed by atoms with E-state index >= 15 is 0 Å². The molecule has 1 N–H and O–H groups in total. The number of nitrogens with zero attached hydrogens (tertiary/aromatic N) is 3. The lowest BCUT2D eigenvalue weighted by atomic mass is 10.1. The number of hydrazone groups is 1. The average Bonchev–Trinajstić information content (AvgIpc) is 3.04. The Bertz CT molecular complexity index is 659. The molecule has 1 aromatic heterocycles. The standard InChI is InChI=1S/C17H22N4OS/c1-4-13-7-9-14(10-8-13)16(22)20-19-12-15-11-18-17(23-15)21(5-2)6-3/h7-12H,4-6H2,1-3H3,(H,20,22)/b19-12-. The highest BCUT2D eigenvalue weighted by Crippen LogP contribution is 2.20. The molecule has 0 fully saturated rings. The number of nitrogens with one attached hydrogen (secondary N) is 1. The minimum absolute atomic E-state index is 0.211. The van der Waals surface area contributed by atoms with Crippen molar-refractivity contribution in [3.05, 3.63) is 46.5 Å². The third-order valence-electron chi connectivity index (χ3n) is 3.53. The predicted molar refractivity (Wildman–Crippen MR) is 96.6 cm³/mol. The third kappa shape index (κ3) is 4.63. The second-order valence-corrected chi connectivity index (χ2v) is 6.01. The lowest BCUT2D eigenvalue weighted by molar-refractivity contribution is 0.0955. The van der Waals surface area contributed by atoms with E-state index in [1.54, 1.807) is 23.7 Å². The van der Waals surface area contributed by atoms with Crippen LogP contribution in [-0.4, -0.2) is 30.2 Å². The van der Waals surface area contributed by atoms with Crippen molar-refractivity contribution in [1.82, 2.24) is 10.4 Å². The molecule has 0 aliphatic heterocycles. The predicted octanol–water partition coefficient (Wildman–Crippen LogP) is 3.32. The molecule has 0 bridgehead atoms. The van der Waals surface area contributed by atoms with Crippen LogP contribution in [0.4, 0.5) is 5.13 Å². The number of anilines is 1. The summed E-state index contributed by atoms with van der Waals surface area (Å²) in [5.41, 5.74) is 4.36. The highest BCUT2D eigenvalue weighted by molar-refractivity contribution is 7.17. The molecule has 2 rings (SSSR count). The molecule has 2 aromatic rings. The van der Waals surface area contributed by atoms with Crippen molar-refractivity contribution in [3.63, 3.8) is 0 Å². The molecule has 6 heteroatoms. The van der Waals surface area contributed by atoms with Crippen molar-refractivity contribution in [3.8, 4) is 0 Å². The van der Waals surface area contributed by atoms with Crippen LogP contribution in [0, 0.1) is 0 Å². The van der Waals surface area contributed by atoms with Crippen LogP contribution in [0.3, 0.4) is 0 Å². The maximum Gasteiger partial charge on any atom is 0.271 e. The van der Waals surface area contributed by atoms with Gasteiger partial charge < -0.3 is 4.90 Å². The summed E-state index contributed by atoms with van der Waals surface area (Å²) >= 11 is 1.56. The number of benzene rings is 1. The van der Waals surface area contributed by atoms with Crippen molar-refractivity contribution in [2.24, 2.45) is 5.10 Å². The normalized spacial score (nSPS) is 10.9. The summed E-state index contributed by atoms with van der Waals surface area (Å²) in [7, 11) is 0. The van der Waals surface area contributed by atoms with E-state index in [1.165, 1.54) is 5.56 Å². The molecular weight excluding hydrogens is 308 g/mol. The summed E-state index contributed by atoms with van der Waals surface area (Å²) in [5, 5.41) is 4.98. The van der Waals surface area contributed by atoms with Gasteiger partial charge in [-0.05, 0) is 38.0 Å². The molecule has 0 saturated carbocycles. The fourth-order valence-corrected chi connectivity index (χ4v) is 3.00. The molecule has 0 radical (unpaired) electrons. The summed E-state index contributed by atoms with van der Waals surface area (Å²) < 4.78 is 0. The molecule has 5 nitrogen and oxygen atoms in total. The molecule has 122 valence electrons. The molecule has 1 amide bonds.